The highest BCUT2D eigenvalue weighted by atomic mass is 19.3. The zero-order chi connectivity index (χ0) is 25.3. The second-order valence-corrected chi connectivity index (χ2v) is 8.74. The van der Waals surface area contributed by atoms with E-state index in [4.69, 9.17) is 4.52 Å². The highest BCUT2D eigenvalue weighted by molar-refractivity contribution is 5.57. The average molecular weight is 498 g/mol. The van der Waals surface area contributed by atoms with E-state index >= 15 is 0 Å². The number of aliphatic hydroxyl groups excluding tert-OH is 1. The van der Waals surface area contributed by atoms with Crippen molar-refractivity contribution in [3.8, 4) is 28.9 Å². The van der Waals surface area contributed by atoms with Crippen LogP contribution in [0.5, 0.6) is 5.75 Å². The molecule has 1 aromatic carbocycles. The van der Waals surface area contributed by atoms with Crippen LogP contribution in [0.2, 0.25) is 0 Å². The summed E-state index contributed by atoms with van der Waals surface area (Å²) in [5.74, 6) is 2.29. The smallest absolute Gasteiger partial charge is 0.394 e. The Morgan fingerprint density at radius 2 is 1.86 bits per heavy atom. The second-order valence-electron chi connectivity index (χ2n) is 8.74. The van der Waals surface area contributed by atoms with E-state index in [2.05, 4.69) is 34.8 Å². The first-order chi connectivity index (χ1) is 17.2. The van der Waals surface area contributed by atoms with E-state index < -0.39 is 6.11 Å². The van der Waals surface area contributed by atoms with Gasteiger partial charge < -0.3 is 19.3 Å². The minimum absolute atomic E-state index is 0.0307. The fourth-order valence-corrected chi connectivity index (χ4v) is 3.97. The molecule has 0 bridgehead atoms. The maximum atomic E-state index is 13.0. The van der Waals surface area contributed by atoms with Crippen molar-refractivity contribution in [2.24, 2.45) is 0 Å². The highest BCUT2D eigenvalue weighted by Gasteiger charge is 2.23. The molecular weight excluding hydrogens is 472 g/mol. The third-order valence-corrected chi connectivity index (χ3v) is 5.81. The lowest BCUT2D eigenvalue weighted by Gasteiger charge is -2.30. The minimum atomic E-state index is -3.27. The number of hydrogen-bond acceptors (Lipinski definition) is 9. The van der Waals surface area contributed by atoms with Gasteiger partial charge in [-0.1, -0.05) is 5.16 Å². The molecule has 1 aliphatic rings. The summed E-state index contributed by atoms with van der Waals surface area (Å²) in [5.41, 5.74) is 1.58. The van der Waals surface area contributed by atoms with Crippen molar-refractivity contribution in [1.82, 2.24) is 29.9 Å². The molecule has 188 valence electrons. The summed E-state index contributed by atoms with van der Waals surface area (Å²) in [6.07, 6.45) is -0.274. The SMILES string of the molecule is Cc1nc(-c2nc(-c3ccc(OC(C)(F)F)cc3)no2)nn1Cc1ccnc(N2CCC(O)CC2)c1. The summed E-state index contributed by atoms with van der Waals surface area (Å²) in [7, 11) is 0. The Hall–Kier alpha value is -3.93. The summed E-state index contributed by atoms with van der Waals surface area (Å²) < 4.78 is 37.7. The van der Waals surface area contributed by atoms with Crippen LogP contribution in [0.4, 0.5) is 14.6 Å². The Balaban J connectivity index is 1.29. The number of anilines is 1. The Kier molecular flexibility index (Phi) is 6.35. The molecule has 5 rings (SSSR count). The van der Waals surface area contributed by atoms with E-state index in [-0.39, 0.29) is 29.4 Å². The molecule has 4 aromatic rings. The molecule has 0 amide bonds. The Bertz CT molecular complexity index is 1330. The third-order valence-electron chi connectivity index (χ3n) is 5.81. The number of aliphatic hydroxyl groups is 1. The van der Waals surface area contributed by atoms with Crippen LogP contribution in [0.3, 0.4) is 0 Å². The van der Waals surface area contributed by atoms with E-state index in [1.54, 1.807) is 23.0 Å². The molecule has 0 saturated carbocycles. The number of aromatic nitrogens is 6. The number of rotatable bonds is 7. The standard InChI is InChI=1S/C24H25F2N7O3/c1-15-28-22(23-29-21(31-36-23)17-3-5-19(6-4-17)35-24(2,25)26)30-33(15)14-16-7-10-27-20(13-16)32-11-8-18(34)9-12-32/h3-7,10,13,18,34H,8-9,11-12,14H2,1-2H3. The van der Waals surface area contributed by atoms with Gasteiger partial charge in [0.05, 0.1) is 12.6 Å². The largest absolute Gasteiger partial charge is 0.433 e. The fourth-order valence-electron chi connectivity index (χ4n) is 3.97. The van der Waals surface area contributed by atoms with E-state index in [1.807, 2.05) is 19.1 Å². The van der Waals surface area contributed by atoms with Crippen LogP contribution in [0.25, 0.3) is 23.1 Å². The van der Waals surface area contributed by atoms with E-state index in [0.29, 0.717) is 24.9 Å². The van der Waals surface area contributed by atoms with Gasteiger partial charge in [0.1, 0.15) is 17.4 Å². The maximum absolute atomic E-state index is 13.0. The fraction of sp³-hybridized carbons (Fsp3) is 0.375. The lowest BCUT2D eigenvalue weighted by Crippen LogP contribution is -2.36. The van der Waals surface area contributed by atoms with Crippen molar-refractivity contribution in [2.45, 2.75) is 45.4 Å². The molecule has 3 aromatic heterocycles. The van der Waals surface area contributed by atoms with Gasteiger partial charge in [0.25, 0.3) is 5.89 Å². The molecule has 1 N–H and O–H groups in total. The van der Waals surface area contributed by atoms with Gasteiger partial charge in [-0.25, -0.2) is 14.6 Å². The number of piperidine rings is 1. The Morgan fingerprint density at radius 1 is 1.11 bits per heavy atom. The molecule has 0 atom stereocenters. The summed E-state index contributed by atoms with van der Waals surface area (Å²) in [4.78, 5) is 15.5. The van der Waals surface area contributed by atoms with Crippen LogP contribution in [0.15, 0.2) is 47.1 Å². The number of benzene rings is 1. The van der Waals surface area contributed by atoms with E-state index in [1.165, 1.54) is 12.1 Å². The van der Waals surface area contributed by atoms with Crippen molar-refractivity contribution in [3.05, 3.63) is 54.0 Å². The summed E-state index contributed by atoms with van der Waals surface area (Å²) in [5, 5.41) is 18.2. The van der Waals surface area contributed by atoms with Gasteiger partial charge in [-0.05, 0) is 61.7 Å². The van der Waals surface area contributed by atoms with Gasteiger partial charge in [-0.15, -0.1) is 5.10 Å². The molecule has 12 heteroatoms. The molecular formula is C24H25F2N7O3. The summed E-state index contributed by atoms with van der Waals surface area (Å²) in [6.45, 7) is 4.53. The lowest BCUT2D eigenvalue weighted by molar-refractivity contribution is -0.158. The van der Waals surface area contributed by atoms with Gasteiger partial charge in [-0.3, -0.25) is 0 Å². The third kappa shape index (κ3) is 5.48. The molecule has 0 spiro atoms. The molecule has 1 saturated heterocycles. The topological polar surface area (TPSA) is 115 Å². The Labute approximate surface area is 205 Å². The molecule has 0 radical (unpaired) electrons. The average Bonchev–Trinajstić information content (AvgIpc) is 3.47. The van der Waals surface area contributed by atoms with Crippen molar-refractivity contribution in [3.63, 3.8) is 0 Å². The van der Waals surface area contributed by atoms with Gasteiger partial charge >= 0.3 is 6.11 Å². The summed E-state index contributed by atoms with van der Waals surface area (Å²) >= 11 is 0. The predicted molar refractivity (Wildman–Crippen MR) is 126 cm³/mol. The molecule has 1 fully saturated rings. The second kappa shape index (κ2) is 9.61. The molecule has 10 nitrogen and oxygen atoms in total. The van der Waals surface area contributed by atoms with Crippen LogP contribution in [-0.4, -0.2) is 60.3 Å². The number of aryl methyl sites for hydroxylation is 1. The molecule has 36 heavy (non-hydrogen) atoms. The Morgan fingerprint density at radius 3 is 2.58 bits per heavy atom. The number of halogens is 2. The predicted octanol–water partition coefficient (Wildman–Crippen LogP) is 3.70. The van der Waals surface area contributed by atoms with Gasteiger partial charge in [0, 0.05) is 31.8 Å². The monoisotopic (exact) mass is 497 g/mol. The van der Waals surface area contributed by atoms with Gasteiger partial charge in [-0.2, -0.15) is 13.8 Å². The van der Waals surface area contributed by atoms with Crippen molar-refractivity contribution in [2.75, 3.05) is 18.0 Å². The van der Waals surface area contributed by atoms with Crippen LogP contribution < -0.4 is 9.64 Å². The van der Waals surface area contributed by atoms with Crippen LogP contribution in [0, 0.1) is 6.92 Å². The maximum Gasteiger partial charge on any atom is 0.394 e. The number of alkyl halides is 2. The quantitative estimate of drug-likeness (QED) is 0.408. The van der Waals surface area contributed by atoms with Crippen molar-refractivity contribution >= 4 is 5.82 Å². The summed E-state index contributed by atoms with van der Waals surface area (Å²) in [6, 6.07) is 9.90. The first kappa shape index (κ1) is 23.8. The normalized spacial score (nSPS) is 14.9. The number of ether oxygens (including phenoxy) is 1. The van der Waals surface area contributed by atoms with E-state index in [0.717, 1.165) is 37.3 Å². The number of nitrogens with zero attached hydrogens (tertiary/aromatic N) is 7. The first-order valence-electron chi connectivity index (χ1n) is 11.5. The lowest BCUT2D eigenvalue weighted by atomic mass is 10.1. The zero-order valence-corrected chi connectivity index (χ0v) is 19.8. The highest BCUT2D eigenvalue weighted by Crippen LogP contribution is 2.26. The van der Waals surface area contributed by atoms with Gasteiger partial charge in [0.2, 0.25) is 11.6 Å². The first-order valence-corrected chi connectivity index (χ1v) is 11.5. The van der Waals surface area contributed by atoms with Crippen molar-refractivity contribution < 1.29 is 23.1 Å². The molecule has 0 aliphatic carbocycles. The van der Waals surface area contributed by atoms with Crippen LogP contribution in [0.1, 0.15) is 31.2 Å². The molecule has 0 unspecified atom stereocenters. The molecule has 1 aliphatic heterocycles. The zero-order valence-electron chi connectivity index (χ0n) is 19.8. The van der Waals surface area contributed by atoms with Crippen LogP contribution in [-0.2, 0) is 6.54 Å². The number of pyridine rings is 1. The van der Waals surface area contributed by atoms with Gasteiger partial charge in [0.15, 0.2) is 0 Å². The van der Waals surface area contributed by atoms with Crippen molar-refractivity contribution in [1.29, 1.82) is 0 Å². The van der Waals surface area contributed by atoms with Crippen LogP contribution >= 0.6 is 0 Å². The minimum Gasteiger partial charge on any atom is -0.433 e. The number of hydrogen-bond donors (Lipinski definition) is 1. The van der Waals surface area contributed by atoms with E-state index in [9.17, 15) is 13.9 Å². The molecule has 4 heterocycles.